The quantitative estimate of drug-likeness (QED) is 0.550. The van der Waals surface area contributed by atoms with Gasteiger partial charge in [0.15, 0.2) is 0 Å². The standard InChI is InChI=1S/C26H35N3O5S/c1-18-15-23(34-4)19(2)20(3)25(18)35(32,33)28-22(16-21-11-7-5-8-12-21)26(31)27-17-24(30)29-13-9-6-10-14-29/h5,7-8,11-12,15,22,28H,6,9-10,13-14,16-17H2,1-4H3,(H,27,31)/t22-/m0/s1. The molecule has 1 heterocycles. The third-order valence-electron chi connectivity index (χ3n) is 6.49. The van der Waals surface area contributed by atoms with Crippen LogP contribution < -0.4 is 14.8 Å². The van der Waals surface area contributed by atoms with Gasteiger partial charge in [0.2, 0.25) is 21.8 Å². The van der Waals surface area contributed by atoms with Gasteiger partial charge < -0.3 is 15.0 Å². The molecule has 1 atom stereocenters. The molecule has 0 bridgehead atoms. The van der Waals surface area contributed by atoms with Gasteiger partial charge in [-0.1, -0.05) is 30.3 Å². The average Bonchev–Trinajstić information content (AvgIpc) is 2.85. The first-order valence-corrected chi connectivity index (χ1v) is 13.4. The number of amides is 2. The van der Waals surface area contributed by atoms with Crippen molar-refractivity contribution in [2.75, 3.05) is 26.7 Å². The molecule has 1 aliphatic rings. The molecule has 0 aliphatic carbocycles. The Morgan fingerprint density at radius 3 is 2.31 bits per heavy atom. The maximum Gasteiger partial charge on any atom is 0.241 e. The summed E-state index contributed by atoms with van der Waals surface area (Å²) in [6, 6.07) is 9.79. The topological polar surface area (TPSA) is 105 Å². The van der Waals surface area contributed by atoms with Gasteiger partial charge in [-0.3, -0.25) is 9.59 Å². The van der Waals surface area contributed by atoms with Gasteiger partial charge in [0.25, 0.3) is 0 Å². The van der Waals surface area contributed by atoms with Crippen LogP contribution >= 0.6 is 0 Å². The van der Waals surface area contributed by atoms with Gasteiger partial charge >= 0.3 is 0 Å². The second-order valence-corrected chi connectivity index (χ2v) is 10.6. The van der Waals surface area contributed by atoms with Crippen molar-refractivity contribution in [1.29, 1.82) is 0 Å². The molecule has 0 unspecified atom stereocenters. The molecule has 9 heteroatoms. The van der Waals surface area contributed by atoms with Crippen LogP contribution in [0.25, 0.3) is 0 Å². The van der Waals surface area contributed by atoms with Crippen molar-refractivity contribution in [3.05, 3.63) is 58.7 Å². The van der Waals surface area contributed by atoms with Crippen LogP contribution in [0.2, 0.25) is 0 Å². The summed E-state index contributed by atoms with van der Waals surface area (Å²) in [6.07, 6.45) is 3.16. The van der Waals surface area contributed by atoms with E-state index in [9.17, 15) is 18.0 Å². The normalized spacial score (nSPS) is 14.9. The zero-order valence-corrected chi connectivity index (χ0v) is 21.7. The lowest BCUT2D eigenvalue weighted by molar-refractivity contribution is -0.133. The first-order valence-electron chi connectivity index (χ1n) is 11.9. The summed E-state index contributed by atoms with van der Waals surface area (Å²) >= 11 is 0. The van der Waals surface area contributed by atoms with E-state index in [1.165, 1.54) is 0 Å². The number of carbonyl (C=O) groups is 2. The number of rotatable bonds is 9. The number of nitrogens with zero attached hydrogens (tertiary/aromatic N) is 1. The molecular formula is C26H35N3O5S. The van der Waals surface area contributed by atoms with Gasteiger partial charge in [0, 0.05) is 13.1 Å². The number of benzene rings is 2. The van der Waals surface area contributed by atoms with Crippen LogP contribution in [0, 0.1) is 20.8 Å². The number of hydrogen-bond donors (Lipinski definition) is 2. The lowest BCUT2D eigenvalue weighted by atomic mass is 10.1. The van der Waals surface area contributed by atoms with Crippen molar-refractivity contribution in [1.82, 2.24) is 14.9 Å². The van der Waals surface area contributed by atoms with Crippen LogP contribution in [0.5, 0.6) is 5.75 Å². The first-order chi connectivity index (χ1) is 16.6. The van der Waals surface area contributed by atoms with Crippen LogP contribution in [0.4, 0.5) is 0 Å². The van der Waals surface area contributed by atoms with E-state index in [0.29, 0.717) is 30.0 Å². The van der Waals surface area contributed by atoms with Gasteiger partial charge in [-0.25, -0.2) is 8.42 Å². The zero-order valence-electron chi connectivity index (χ0n) is 20.9. The fourth-order valence-corrected chi connectivity index (χ4v) is 6.19. The van der Waals surface area contributed by atoms with E-state index in [1.54, 1.807) is 38.8 Å². The molecule has 2 aromatic carbocycles. The second-order valence-electron chi connectivity index (χ2n) is 9.00. The minimum absolute atomic E-state index is 0.131. The predicted octanol–water partition coefficient (Wildman–Crippen LogP) is 2.64. The Morgan fingerprint density at radius 2 is 1.69 bits per heavy atom. The van der Waals surface area contributed by atoms with Gasteiger partial charge in [-0.15, -0.1) is 0 Å². The molecule has 0 aromatic heterocycles. The van der Waals surface area contributed by atoms with E-state index in [-0.39, 0.29) is 23.8 Å². The molecule has 35 heavy (non-hydrogen) atoms. The van der Waals surface area contributed by atoms with Crippen molar-refractivity contribution in [3.63, 3.8) is 0 Å². The van der Waals surface area contributed by atoms with Crippen LogP contribution in [0.3, 0.4) is 0 Å². The van der Waals surface area contributed by atoms with E-state index in [4.69, 9.17) is 4.74 Å². The van der Waals surface area contributed by atoms with E-state index in [0.717, 1.165) is 30.4 Å². The number of sulfonamides is 1. The molecule has 1 aliphatic heterocycles. The number of ether oxygens (including phenoxy) is 1. The van der Waals surface area contributed by atoms with Crippen molar-refractivity contribution >= 4 is 21.8 Å². The van der Waals surface area contributed by atoms with Crippen molar-refractivity contribution in [3.8, 4) is 5.75 Å². The summed E-state index contributed by atoms with van der Waals surface area (Å²) in [5.74, 6) is -0.0890. The molecule has 0 spiro atoms. The second kappa shape index (κ2) is 11.7. The fraction of sp³-hybridized carbons (Fsp3) is 0.462. The highest BCUT2D eigenvalue weighted by molar-refractivity contribution is 7.89. The SMILES string of the molecule is COc1cc(C)c(S(=O)(=O)N[C@@H](Cc2ccccc2)C(=O)NCC(=O)N2CCCCC2)c(C)c1C. The lowest BCUT2D eigenvalue weighted by Crippen LogP contribution is -2.51. The molecule has 2 aromatic rings. The van der Waals surface area contributed by atoms with Gasteiger partial charge in [-0.05, 0) is 74.8 Å². The summed E-state index contributed by atoms with van der Waals surface area (Å²) < 4.78 is 35.0. The molecule has 0 radical (unpaired) electrons. The summed E-state index contributed by atoms with van der Waals surface area (Å²) in [6.45, 7) is 6.43. The fourth-order valence-electron chi connectivity index (χ4n) is 4.47. The lowest BCUT2D eigenvalue weighted by Gasteiger charge is -2.27. The van der Waals surface area contributed by atoms with E-state index in [1.807, 2.05) is 30.3 Å². The smallest absolute Gasteiger partial charge is 0.241 e. The van der Waals surface area contributed by atoms with Gasteiger partial charge in [-0.2, -0.15) is 4.72 Å². The van der Waals surface area contributed by atoms with Crippen LogP contribution in [-0.2, 0) is 26.0 Å². The number of carbonyl (C=O) groups excluding carboxylic acids is 2. The van der Waals surface area contributed by atoms with E-state index < -0.39 is 22.0 Å². The third-order valence-corrected chi connectivity index (χ3v) is 8.25. The van der Waals surface area contributed by atoms with Crippen LogP contribution in [0.15, 0.2) is 41.3 Å². The minimum Gasteiger partial charge on any atom is -0.496 e. The zero-order chi connectivity index (χ0) is 25.6. The molecule has 0 saturated carbocycles. The van der Waals surface area contributed by atoms with Gasteiger partial charge in [0.1, 0.15) is 11.8 Å². The van der Waals surface area contributed by atoms with E-state index >= 15 is 0 Å². The number of piperidine rings is 1. The average molecular weight is 502 g/mol. The molecule has 1 saturated heterocycles. The molecule has 8 nitrogen and oxygen atoms in total. The predicted molar refractivity (Wildman–Crippen MR) is 135 cm³/mol. The van der Waals surface area contributed by atoms with Crippen molar-refractivity contribution in [2.45, 2.75) is 57.4 Å². The monoisotopic (exact) mass is 501 g/mol. The van der Waals surface area contributed by atoms with Crippen LogP contribution in [0.1, 0.15) is 41.5 Å². The largest absolute Gasteiger partial charge is 0.496 e. The molecule has 2 N–H and O–H groups in total. The molecular weight excluding hydrogens is 466 g/mol. The van der Waals surface area contributed by atoms with E-state index in [2.05, 4.69) is 10.0 Å². The van der Waals surface area contributed by atoms with Crippen LogP contribution in [-0.4, -0.2) is 57.9 Å². The highest BCUT2D eigenvalue weighted by Gasteiger charge is 2.30. The Hall–Kier alpha value is -2.91. The number of methoxy groups -OCH3 is 1. The third kappa shape index (κ3) is 6.61. The maximum absolute atomic E-state index is 13.5. The Kier molecular flexibility index (Phi) is 8.91. The van der Waals surface area contributed by atoms with Crippen molar-refractivity contribution in [2.24, 2.45) is 0 Å². The Bertz CT molecular complexity index is 1160. The minimum atomic E-state index is -4.05. The molecule has 3 rings (SSSR count). The highest BCUT2D eigenvalue weighted by atomic mass is 32.2. The molecule has 2 amide bonds. The first kappa shape index (κ1) is 26.7. The number of likely N-dealkylation sites (tertiary alicyclic amines) is 1. The summed E-state index contributed by atoms with van der Waals surface area (Å²) in [7, 11) is -2.51. The Balaban J connectivity index is 1.83. The highest BCUT2D eigenvalue weighted by Crippen LogP contribution is 2.30. The number of nitrogens with one attached hydrogen (secondary N) is 2. The molecule has 190 valence electrons. The number of hydrogen-bond acceptors (Lipinski definition) is 5. The van der Waals surface area contributed by atoms with Gasteiger partial charge in [0.05, 0.1) is 18.6 Å². The number of aryl methyl sites for hydroxylation is 1. The Morgan fingerprint density at radius 1 is 1.03 bits per heavy atom. The summed E-state index contributed by atoms with van der Waals surface area (Å²) in [4.78, 5) is 27.6. The van der Waals surface area contributed by atoms with Crippen molar-refractivity contribution < 1.29 is 22.7 Å². The molecule has 1 fully saturated rings. The Labute approximate surface area is 208 Å². The summed E-state index contributed by atoms with van der Waals surface area (Å²) in [5, 5.41) is 2.66. The maximum atomic E-state index is 13.5. The summed E-state index contributed by atoms with van der Waals surface area (Å²) in [5.41, 5.74) is 2.61.